The van der Waals surface area contributed by atoms with E-state index in [1.54, 1.807) is 0 Å². The molecule has 0 atom stereocenters. The van der Waals surface area contributed by atoms with Crippen LogP contribution in [0.15, 0.2) is 54.6 Å². The van der Waals surface area contributed by atoms with Gasteiger partial charge in [-0.2, -0.15) is 0 Å². The third-order valence-corrected chi connectivity index (χ3v) is 2.81. The fourth-order valence-electron chi connectivity index (χ4n) is 1.83. The third kappa shape index (κ3) is 4.50. The van der Waals surface area contributed by atoms with Gasteiger partial charge in [0.05, 0.1) is 5.69 Å². The first-order chi connectivity index (χ1) is 9.90. The van der Waals surface area contributed by atoms with Gasteiger partial charge in [0.2, 0.25) is 0 Å². The molecule has 0 aliphatic heterocycles. The summed E-state index contributed by atoms with van der Waals surface area (Å²) in [5, 5.41) is 3.36. The topological polar surface area (TPSA) is 30.5 Å². The average Bonchev–Trinajstić information content (AvgIpc) is 2.51. The number of anilines is 1. The van der Waals surface area contributed by atoms with Crippen molar-refractivity contribution in [2.24, 2.45) is 0 Å². The SMILES string of the molecule is CCCNc1ccccc1OCCOc1ccccc1. The smallest absolute Gasteiger partial charge is 0.142 e. The minimum absolute atomic E-state index is 0.527. The number of hydrogen-bond acceptors (Lipinski definition) is 3. The monoisotopic (exact) mass is 271 g/mol. The van der Waals surface area contributed by atoms with Crippen LogP contribution in [0, 0.1) is 0 Å². The normalized spacial score (nSPS) is 10.1. The molecule has 0 fully saturated rings. The summed E-state index contributed by atoms with van der Waals surface area (Å²) in [5.74, 6) is 1.74. The maximum atomic E-state index is 5.77. The Bertz CT molecular complexity index is 499. The van der Waals surface area contributed by atoms with Gasteiger partial charge in [-0.25, -0.2) is 0 Å². The van der Waals surface area contributed by atoms with Crippen molar-refractivity contribution >= 4 is 5.69 Å². The summed E-state index contributed by atoms with van der Waals surface area (Å²) in [6.45, 7) is 4.15. The number of rotatable bonds is 8. The zero-order valence-electron chi connectivity index (χ0n) is 11.8. The molecule has 0 radical (unpaired) electrons. The second kappa shape index (κ2) is 8.10. The van der Waals surface area contributed by atoms with E-state index in [-0.39, 0.29) is 0 Å². The van der Waals surface area contributed by atoms with E-state index < -0.39 is 0 Å². The van der Waals surface area contributed by atoms with Crippen molar-refractivity contribution in [2.75, 3.05) is 25.1 Å². The second-order valence-corrected chi connectivity index (χ2v) is 4.43. The van der Waals surface area contributed by atoms with Crippen LogP contribution in [0.4, 0.5) is 5.69 Å². The van der Waals surface area contributed by atoms with Gasteiger partial charge in [0.15, 0.2) is 0 Å². The summed E-state index contributed by atoms with van der Waals surface area (Å²) >= 11 is 0. The van der Waals surface area contributed by atoms with Gasteiger partial charge in [0.1, 0.15) is 24.7 Å². The van der Waals surface area contributed by atoms with Crippen LogP contribution in [0.5, 0.6) is 11.5 Å². The van der Waals surface area contributed by atoms with Gasteiger partial charge < -0.3 is 14.8 Å². The van der Waals surface area contributed by atoms with E-state index >= 15 is 0 Å². The van der Waals surface area contributed by atoms with E-state index in [9.17, 15) is 0 Å². The molecule has 0 aliphatic carbocycles. The zero-order valence-corrected chi connectivity index (χ0v) is 11.8. The van der Waals surface area contributed by atoms with Crippen LogP contribution in [0.1, 0.15) is 13.3 Å². The maximum Gasteiger partial charge on any atom is 0.142 e. The largest absolute Gasteiger partial charge is 0.490 e. The van der Waals surface area contributed by atoms with Crippen LogP contribution >= 0.6 is 0 Å². The van der Waals surface area contributed by atoms with Crippen LogP contribution in [0.2, 0.25) is 0 Å². The molecule has 0 bridgehead atoms. The lowest BCUT2D eigenvalue weighted by molar-refractivity contribution is 0.218. The molecule has 2 aromatic carbocycles. The molecule has 3 nitrogen and oxygen atoms in total. The van der Waals surface area contributed by atoms with E-state index in [1.165, 1.54) is 0 Å². The fraction of sp³-hybridized carbons (Fsp3) is 0.294. The van der Waals surface area contributed by atoms with E-state index in [2.05, 4.69) is 12.2 Å². The minimum Gasteiger partial charge on any atom is -0.490 e. The molecule has 0 saturated heterocycles. The first kappa shape index (κ1) is 14.3. The highest BCUT2D eigenvalue weighted by Crippen LogP contribution is 2.23. The van der Waals surface area contributed by atoms with Gasteiger partial charge in [-0.3, -0.25) is 0 Å². The van der Waals surface area contributed by atoms with Gasteiger partial charge in [0, 0.05) is 6.54 Å². The van der Waals surface area contributed by atoms with Crippen molar-refractivity contribution < 1.29 is 9.47 Å². The van der Waals surface area contributed by atoms with Crippen molar-refractivity contribution in [1.82, 2.24) is 0 Å². The second-order valence-electron chi connectivity index (χ2n) is 4.43. The van der Waals surface area contributed by atoms with E-state index in [0.29, 0.717) is 13.2 Å². The Hall–Kier alpha value is -2.16. The molecule has 0 aromatic heterocycles. The fourth-order valence-corrected chi connectivity index (χ4v) is 1.83. The number of para-hydroxylation sites is 3. The summed E-state index contributed by atoms with van der Waals surface area (Å²) in [7, 11) is 0. The van der Waals surface area contributed by atoms with Crippen molar-refractivity contribution in [1.29, 1.82) is 0 Å². The summed E-state index contributed by atoms with van der Waals surface area (Å²) < 4.78 is 11.4. The molecular weight excluding hydrogens is 250 g/mol. The maximum absolute atomic E-state index is 5.77. The Kier molecular flexibility index (Phi) is 5.77. The van der Waals surface area contributed by atoms with Crippen LogP contribution < -0.4 is 14.8 Å². The highest BCUT2D eigenvalue weighted by Gasteiger charge is 2.01. The van der Waals surface area contributed by atoms with Gasteiger partial charge in [-0.1, -0.05) is 37.3 Å². The molecule has 3 heteroatoms. The predicted molar refractivity (Wildman–Crippen MR) is 82.7 cm³/mol. The molecule has 20 heavy (non-hydrogen) atoms. The van der Waals surface area contributed by atoms with Crippen LogP contribution in [-0.2, 0) is 0 Å². The van der Waals surface area contributed by atoms with E-state index in [0.717, 1.165) is 30.2 Å². The molecule has 0 amide bonds. The van der Waals surface area contributed by atoms with Crippen molar-refractivity contribution in [3.05, 3.63) is 54.6 Å². The minimum atomic E-state index is 0.527. The molecule has 1 N–H and O–H groups in total. The Morgan fingerprint density at radius 3 is 2.35 bits per heavy atom. The van der Waals surface area contributed by atoms with Crippen LogP contribution in [0.25, 0.3) is 0 Å². The zero-order chi connectivity index (χ0) is 14.0. The molecule has 2 aromatic rings. The Labute approximate surface area is 120 Å². The quantitative estimate of drug-likeness (QED) is 0.737. The molecule has 0 spiro atoms. The number of nitrogens with one attached hydrogen (secondary N) is 1. The number of ether oxygens (including phenoxy) is 2. The number of hydrogen-bond donors (Lipinski definition) is 1. The predicted octanol–water partition coefficient (Wildman–Crippen LogP) is 3.97. The Morgan fingerprint density at radius 1 is 0.850 bits per heavy atom. The Balaban J connectivity index is 1.79. The van der Waals surface area contributed by atoms with E-state index in [4.69, 9.17) is 9.47 Å². The molecule has 0 unspecified atom stereocenters. The standard InChI is InChI=1S/C17H21NO2/c1-2-12-18-16-10-6-7-11-17(16)20-14-13-19-15-8-4-3-5-9-15/h3-11,18H,2,12-14H2,1H3. The van der Waals surface area contributed by atoms with Crippen molar-refractivity contribution in [3.8, 4) is 11.5 Å². The van der Waals surface area contributed by atoms with E-state index in [1.807, 2.05) is 54.6 Å². The summed E-state index contributed by atoms with van der Waals surface area (Å²) in [5.41, 5.74) is 1.04. The summed E-state index contributed by atoms with van der Waals surface area (Å²) in [6, 6.07) is 17.8. The third-order valence-electron chi connectivity index (χ3n) is 2.81. The van der Waals surface area contributed by atoms with Gasteiger partial charge in [-0.05, 0) is 30.7 Å². The molecule has 0 aliphatic rings. The van der Waals surface area contributed by atoms with Gasteiger partial charge in [-0.15, -0.1) is 0 Å². The lowest BCUT2D eigenvalue weighted by Gasteiger charge is -2.13. The summed E-state index contributed by atoms with van der Waals surface area (Å²) in [6.07, 6.45) is 1.09. The van der Waals surface area contributed by atoms with Crippen LogP contribution in [-0.4, -0.2) is 19.8 Å². The van der Waals surface area contributed by atoms with Crippen molar-refractivity contribution in [2.45, 2.75) is 13.3 Å². The van der Waals surface area contributed by atoms with Crippen molar-refractivity contribution in [3.63, 3.8) is 0 Å². The highest BCUT2D eigenvalue weighted by atomic mass is 16.5. The lowest BCUT2D eigenvalue weighted by atomic mass is 10.3. The molecule has 2 rings (SSSR count). The number of benzene rings is 2. The average molecular weight is 271 g/mol. The van der Waals surface area contributed by atoms with Crippen LogP contribution in [0.3, 0.4) is 0 Å². The molecule has 0 saturated carbocycles. The molecular formula is C17H21NO2. The highest BCUT2D eigenvalue weighted by molar-refractivity contribution is 5.56. The van der Waals surface area contributed by atoms with Gasteiger partial charge >= 0.3 is 0 Å². The molecule has 106 valence electrons. The first-order valence-electron chi connectivity index (χ1n) is 7.03. The summed E-state index contributed by atoms with van der Waals surface area (Å²) in [4.78, 5) is 0. The Morgan fingerprint density at radius 2 is 1.55 bits per heavy atom. The lowest BCUT2D eigenvalue weighted by Crippen LogP contribution is -2.10. The first-order valence-corrected chi connectivity index (χ1v) is 7.03. The van der Waals surface area contributed by atoms with Gasteiger partial charge in [0.25, 0.3) is 0 Å². The molecule has 0 heterocycles.